The van der Waals surface area contributed by atoms with Gasteiger partial charge in [-0.05, 0) is 57.4 Å². The van der Waals surface area contributed by atoms with Crippen LogP contribution in [0.25, 0.3) is 5.69 Å². The summed E-state index contributed by atoms with van der Waals surface area (Å²) in [6.45, 7) is 9.10. The van der Waals surface area contributed by atoms with Crippen LogP contribution in [0.4, 0.5) is 5.82 Å². The van der Waals surface area contributed by atoms with E-state index in [1.165, 1.54) is 0 Å². The number of hydrogen-bond acceptors (Lipinski definition) is 7. The molecule has 4 heterocycles. The Labute approximate surface area is 204 Å². The van der Waals surface area contributed by atoms with Crippen LogP contribution in [0.15, 0.2) is 30.6 Å². The first-order chi connectivity index (χ1) is 16.3. The largest absolute Gasteiger partial charge is 0.354 e. The van der Waals surface area contributed by atoms with Gasteiger partial charge in [0.1, 0.15) is 17.2 Å². The van der Waals surface area contributed by atoms with E-state index in [2.05, 4.69) is 46.7 Å². The summed E-state index contributed by atoms with van der Waals surface area (Å²) in [5.41, 5.74) is 2.81. The predicted molar refractivity (Wildman–Crippen MR) is 129 cm³/mol. The lowest BCUT2D eigenvalue weighted by atomic mass is 9.57. The summed E-state index contributed by atoms with van der Waals surface area (Å²) >= 11 is 6.37. The summed E-state index contributed by atoms with van der Waals surface area (Å²) in [4.78, 5) is 13.4. The summed E-state index contributed by atoms with van der Waals surface area (Å²) in [5.74, 6) is 3.24. The first-order valence-corrected chi connectivity index (χ1v) is 12.1. The molecule has 9 heteroatoms. The SMILES string of the molecule is Cc1cncc(N2CC3(CC(c4nnc5n4-c4ccc(Cl)cc4CN(C(C)(C)C#N)C5)C3)C2)n1. The van der Waals surface area contributed by atoms with Gasteiger partial charge in [-0.1, -0.05) is 11.6 Å². The highest BCUT2D eigenvalue weighted by Gasteiger charge is 2.54. The number of halogens is 1. The molecule has 1 aromatic carbocycles. The van der Waals surface area contributed by atoms with Crippen LogP contribution in [-0.4, -0.2) is 48.3 Å². The predicted octanol–water partition coefficient (Wildman–Crippen LogP) is 4.02. The average Bonchev–Trinajstić information content (AvgIpc) is 3.06. The monoisotopic (exact) mass is 474 g/mol. The van der Waals surface area contributed by atoms with Crippen molar-refractivity contribution in [2.75, 3.05) is 18.0 Å². The second kappa shape index (κ2) is 7.49. The van der Waals surface area contributed by atoms with Crippen LogP contribution in [0.5, 0.6) is 0 Å². The van der Waals surface area contributed by atoms with Crippen molar-refractivity contribution in [3.05, 3.63) is 58.5 Å². The molecule has 3 aliphatic rings. The molecule has 1 aliphatic carbocycles. The van der Waals surface area contributed by atoms with Gasteiger partial charge < -0.3 is 4.90 Å². The maximum atomic E-state index is 9.77. The average molecular weight is 475 g/mol. The molecule has 0 atom stereocenters. The fourth-order valence-corrected chi connectivity index (χ4v) is 5.91. The maximum Gasteiger partial charge on any atom is 0.151 e. The molecule has 2 fully saturated rings. The van der Waals surface area contributed by atoms with Crippen molar-refractivity contribution < 1.29 is 0 Å². The highest BCUT2D eigenvalue weighted by atomic mass is 35.5. The van der Waals surface area contributed by atoms with Crippen LogP contribution in [0.2, 0.25) is 5.02 Å². The Morgan fingerprint density at radius 2 is 1.94 bits per heavy atom. The highest BCUT2D eigenvalue weighted by molar-refractivity contribution is 6.30. The maximum absolute atomic E-state index is 9.77. The quantitative estimate of drug-likeness (QED) is 0.566. The molecule has 1 saturated carbocycles. The molecule has 1 saturated heterocycles. The van der Waals surface area contributed by atoms with Crippen molar-refractivity contribution in [3.8, 4) is 11.8 Å². The van der Waals surface area contributed by atoms with Gasteiger partial charge in [-0.2, -0.15) is 5.26 Å². The summed E-state index contributed by atoms with van der Waals surface area (Å²) in [5, 5.41) is 19.7. The molecule has 174 valence electrons. The zero-order valence-electron chi connectivity index (χ0n) is 19.7. The minimum absolute atomic E-state index is 0.324. The van der Waals surface area contributed by atoms with E-state index in [9.17, 15) is 5.26 Å². The third-order valence-electron chi connectivity index (χ3n) is 7.64. The third-order valence-corrected chi connectivity index (χ3v) is 7.87. The van der Waals surface area contributed by atoms with Crippen molar-refractivity contribution in [2.45, 2.75) is 58.2 Å². The van der Waals surface area contributed by atoms with E-state index in [1.54, 1.807) is 6.20 Å². The van der Waals surface area contributed by atoms with Gasteiger partial charge in [0, 0.05) is 42.2 Å². The number of aryl methyl sites for hydroxylation is 1. The zero-order chi connectivity index (χ0) is 23.7. The van der Waals surface area contributed by atoms with Gasteiger partial charge >= 0.3 is 0 Å². The van der Waals surface area contributed by atoms with Gasteiger partial charge in [0.2, 0.25) is 0 Å². The number of nitrogens with zero attached hydrogens (tertiary/aromatic N) is 8. The molecule has 0 unspecified atom stereocenters. The second-order valence-electron chi connectivity index (χ2n) is 10.6. The lowest BCUT2D eigenvalue weighted by Gasteiger charge is -2.59. The van der Waals surface area contributed by atoms with Crippen LogP contribution in [-0.2, 0) is 13.1 Å². The van der Waals surface area contributed by atoms with E-state index in [1.807, 2.05) is 39.1 Å². The number of fused-ring (bicyclic) bond motifs is 3. The Bertz CT molecular complexity index is 1310. The Balaban J connectivity index is 1.27. The third kappa shape index (κ3) is 3.38. The topological polar surface area (TPSA) is 86.8 Å². The molecule has 0 N–H and O–H groups in total. The minimum Gasteiger partial charge on any atom is -0.354 e. The van der Waals surface area contributed by atoms with Gasteiger partial charge in [0.05, 0.1) is 30.2 Å². The van der Waals surface area contributed by atoms with Crippen LogP contribution >= 0.6 is 11.6 Å². The molecule has 8 nitrogen and oxygen atoms in total. The minimum atomic E-state index is -0.629. The molecule has 3 aromatic rings. The Hall–Kier alpha value is -3.02. The van der Waals surface area contributed by atoms with Crippen molar-refractivity contribution in [1.29, 1.82) is 5.26 Å². The molecule has 0 amide bonds. The van der Waals surface area contributed by atoms with Gasteiger partial charge in [-0.25, -0.2) is 4.98 Å². The summed E-state index contributed by atoms with van der Waals surface area (Å²) in [6.07, 6.45) is 5.83. The molecule has 2 aromatic heterocycles. The van der Waals surface area contributed by atoms with E-state index in [0.717, 1.165) is 60.3 Å². The highest BCUT2D eigenvalue weighted by Crippen LogP contribution is 2.56. The van der Waals surface area contributed by atoms with Crippen molar-refractivity contribution in [3.63, 3.8) is 0 Å². The van der Waals surface area contributed by atoms with Gasteiger partial charge in [-0.3, -0.25) is 14.5 Å². The van der Waals surface area contributed by atoms with Crippen molar-refractivity contribution >= 4 is 17.4 Å². The number of nitriles is 1. The van der Waals surface area contributed by atoms with Crippen molar-refractivity contribution in [1.82, 2.24) is 29.6 Å². The fourth-order valence-electron chi connectivity index (χ4n) is 5.71. The normalized spacial score (nSPS) is 19.6. The molecule has 0 radical (unpaired) electrons. The van der Waals surface area contributed by atoms with Crippen molar-refractivity contribution in [2.24, 2.45) is 5.41 Å². The lowest BCUT2D eigenvalue weighted by Crippen LogP contribution is -2.62. The van der Waals surface area contributed by atoms with Gasteiger partial charge in [-0.15, -0.1) is 10.2 Å². The molecule has 6 rings (SSSR count). The molecule has 1 spiro atoms. The van der Waals surface area contributed by atoms with E-state index >= 15 is 0 Å². The Morgan fingerprint density at radius 1 is 1.15 bits per heavy atom. The number of rotatable bonds is 3. The first-order valence-electron chi connectivity index (χ1n) is 11.7. The summed E-state index contributed by atoms with van der Waals surface area (Å²) in [7, 11) is 0. The zero-order valence-corrected chi connectivity index (χ0v) is 20.4. The number of aromatic nitrogens is 5. The number of benzene rings is 1. The van der Waals surface area contributed by atoms with Gasteiger partial charge in [0.15, 0.2) is 5.82 Å². The molecule has 2 aliphatic heterocycles. The Morgan fingerprint density at radius 3 is 2.68 bits per heavy atom. The second-order valence-corrected chi connectivity index (χ2v) is 11.0. The summed E-state index contributed by atoms with van der Waals surface area (Å²) in [6, 6.07) is 8.43. The van der Waals surface area contributed by atoms with E-state index in [-0.39, 0.29) is 0 Å². The van der Waals surface area contributed by atoms with Crippen LogP contribution < -0.4 is 4.90 Å². The lowest BCUT2D eigenvalue weighted by molar-refractivity contribution is 0.0580. The molecule has 34 heavy (non-hydrogen) atoms. The molecular weight excluding hydrogens is 448 g/mol. The van der Waals surface area contributed by atoms with Crippen LogP contribution in [0, 0.1) is 23.7 Å². The smallest absolute Gasteiger partial charge is 0.151 e. The van der Waals surface area contributed by atoms with Crippen LogP contribution in [0.1, 0.15) is 55.5 Å². The van der Waals surface area contributed by atoms with E-state index in [4.69, 9.17) is 11.6 Å². The van der Waals surface area contributed by atoms with Gasteiger partial charge in [0.25, 0.3) is 0 Å². The number of anilines is 1. The number of hydrogen-bond donors (Lipinski definition) is 0. The Kier molecular flexibility index (Phi) is 4.74. The van der Waals surface area contributed by atoms with E-state index < -0.39 is 5.54 Å². The fraction of sp³-hybridized carbons (Fsp3) is 0.480. The van der Waals surface area contributed by atoms with E-state index in [0.29, 0.717) is 29.4 Å². The standard InChI is InChI=1S/C25H27ClN8/c1-16-9-28-10-21(29-16)32-14-25(15-32)7-18(8-25)23-31-30-22-12-33(24(2,3)13-27)11-17-6-19(26)4-5-20(17)34(22)23/h4-6,9-10,18H,7-8,11-12,14-15H2,1-3H3. The molecular formula is C25H27ClN8. The summed E-state index contributed by atoms with van der Waals surface area (Å²) < 4.78 is 2.22. The van der Waals surface area contributed by atoms with Crippen LogP contribution in [0.3, 0.4) is 0 Å². The first kappa shape index (κ1) is 21.5. The molecule has 0 bridgehead atoms.